The van der Waals surface area contributed by atoms with Crippen LogP contribution in [0.1, 0.15) is 24.2 Å². The Morgan fingerprint density at radius 3 is 2.18 bits per heavy atom. The van der Waals surface area contributed by atoms with Gasteiger partial charge in [0.1, 0.15) is 0 Å². The van der Waals surface area contributed by atoms with E-state index in [4.69, 9.17) is 5.41 Å². The standard InChI is InChI=1S/C18H21N3O/c1-3-20-15-6-4-5-7-16(15)21(18(20)19)12-17(22)14-10-8-13(2)9-11-14/h4-11,17,19,22H,3,12H2,1-2H3. The molecule has 114 valence electrons. The zero-order chi connectivity index (χ0) is 15.7. The largest absolute Gasteiger partial charge is 0.387 e. The second-order valence-corrected chi connectivity index (χ2v) is 5.59. The Morgan fingerprint density at radius 2 is 1.59 bits per heavy atom. The average Bonchev–Trinajstić information content (AvgIpc) is 2.80. The monoisotopic (exact) mass is 295 g/mol. The first-order chi connectivity index (χ1) is 10.6. The lowest BCUT2D eigenvalue weighted by molar-refractivity contribution is 0.155. The average molecular weight is 295 g/mol. The summed E-state index contributed by atoms with van der Waals surface area (Å²) in [6.07, 6.45) is -0.620. The van der Waals surface area contributed by atoms with Gasteiger partial charge in [0.15, 0.2) is 0 Å². The number of imidazole rings is 1. The first-order valence-electron chi connectivity index (χ1n) is 7.59. The summed E-state index contributed by atoms with van der Waals surface area (Å²) in [6, 6.07) is 15.9. The van der Waals surface area contributed by atoms with Gasteiger partial charge in [0.25, 0.3) is 0 Å². The molecule has 0 fully saturated rings. The number of rotatable bonds is 4. The number of aromatic nitrogens is 2. The van der Waals surface area contributed by atoms with E-state index in [1.165, 1.54) is 5.56 Å². The molecule has 2 N–H and O–H groups in total. The molecule has 22 heavy (non-hydrogen) atoms. The molecule has 1 heterocycles. The Kier molecular flexibility index (Phi) is 3.86. The molecule has 1 atom stereocenters. The fourth-order valence-electron chi connectivity index (χ4n) is 2.87. The SMILES string of the molecule is CCn1c(=N)n(CC(O)c2ccc(C)cc2)c2ccccc21. The van der Waals surface area contributed by atoms with Crippen LogP contribution in [-0.4, -0.2) is 14.2 Å². The zero-order valence-corrected chi connectivity index (χ0v) is 13.0. The van der Waals surface area contributed by atoms with E-state index >= 15 is 0 Å². The quantitative estimate of drug-likeness (QED) is 0.764. The number of aryl methyl sites for hydroxylation is 2. The Hall–Kier alpha value is -2.33. The van der Waals surface area contributed by atoms with Crippen molar-refractivity contribution in [3.05, 3.63) is 65.3 Å². The predicted octanol–water partition coefficient (Wildman–Crippen LogP) is 2.98. The number of aliphatic hydroxyl groups is 1. The topological polar surface area (TPSA) is 53.9 Å². The Labute approximate surface area is 129 Å². The van der Waals surface area contributed by atoms with E-state index in [0.29, 0.717) is 12.2 Å². The molecule has 0 amide bonds. The van der Waals surface area contributed by atoms with Crippen LogP contribution in [0.2, 0.25) is 0 Å². The third-order valence-electron chi connectivity index (χ3n) is 4.11. The van der Waals surface area contributed by atoms with Gasteiger partial charge in [0.05, 0.1) is 23.7 Å². The molecule has 0 saturated carbocycles. The van der Waals surface area contributed by atoms with Crippen LogP contribution in [-0.2, 0) is 13.1 Å². The third kappa shape index (κ3) is 2.46. The molecule has 0 saturated heterocycles. The maximum atomic E-state index is 10.5. The first-order valence-corrected chi connectivity index (χ1v) is 7.59. The van der Waals surface area contributed by atoms with Crippen molar-refractivity contribution >= 4 is 11.0 Å². The van der Waals surface area contributed by atoms with Crippen molar-refractivity contribution in [1.29, 1.82) is 5.41 Å². The minimum atomic E-state index is -0.620. The molecule has 4 nitrogen and oxygen atoms in total. The Bertz CT molecular complexity index is 843. The van der Waals surface area contributed by atoms with Gasteiger partial charge in [-0.3, -0.25) is 5.41 Å². The van der Waals surface area contributed by atoms with Gasteiger partial charge in [-0.1, -0.05) is 42.0 Å². The molecule has 0 spiro atoms. The summed E-state index contributed by atoms with van der Waals surface area (Å²) in [4.78, 5) is 0. The van der Waals surface area contributed by atoms with Crippen molar-refractivity contribution < 1.29 is 5.11 Å². The number of benzene rings is 2. The molecule has 3 rings (SSSR count). The molecule has 4 heteroatoms. The number of nitrogens with one attached hydrogen (secondary N) is 1. The van der Waals surface area contributed by atoms with Crippen molar-refractivity contribution in [3.8, 4) is 0 Å². The van der Waals surface area contributed by atoms with E-state index < -0.39 is 6.10 Å². The van der Waals surface area contributed by atoms with Gasteiger partial charge < -0.3 is 14.2 Å². The first kappa shape index (κ1) is 14.6. The van der Waals surface area contributed by atoms with Crippen molar-refractivity contribution in [2.45, 2.75) is 33.0 Å². The highest BCUT2D eigenvalue weighted by Gasteiger charge is 2.14. The van der Waals surface area contributed by atoms with E-state index in [1.807, 2.05) is 71.5 Å². The number of nitrogens with zero attached hydrogens (tertiary/aromatic N) is 2. The molecule has 3 aromatic rings. The fourth-order valence-corrected chi connectivity index (χ4v) is 2.87. The van der Waals surface area contributed by atoms with E-state index in [2.05, 4.69) is 0 Å². The molecular formula is C18H21N3O. The van der Waals surface area contributed by atoms with Crippen molar-refractivity contribution in [2.75, 3.05) is 0 Å². The Morgan fingerprint density at radius 1 is 1.00 bits per heavy atom. The Balaban J connectivity index is 2.02. The molecule has 0 radical (unpaired) electrons. The summed E-state index contributed by atoms with van der Waals surface area (Å²) in [6.45, 7) is 5.19. The van der Waals surface area contributed by atoms with Crippen LogP contribution in [0.4, 0.5) is 0 Å². The summed E-state index contributed by atoms with van der Waals surface area (Å²) in [7, 11) is 0. The lowest BCUT2D eigenvalue weighted by Crippen LogP contribution is -2.26. The van der Waals surface area contributed by atoms with Gasteiger partial charge in [0.2, 0.25) is 5.62 Å². The maximum absolute atomic E-state index is 10.5. The molecule has 1 aromatic heterocycles. The van der Waals surface area contributed by atoms with Crippen LogP contribution in [0.5, 0.6) is 0 Å². The summed E-state index contributed by atoms with van der Waals surface area (Å²) >= 11 is 0. The smallest absolute Gasteiger partial charge is 0.203 e. The van der Waals surface area contributed by atoms with Crippen molar-refractivity contribution in [2.24, 2.45) is 0 Å². The fraction of sp³-hybridized carbons (Fsp3) is 0.278. The summed E-state index contributed by atoms with van der Waals surface area (Å²) in [5, 5.41) is 18.9. The highest BCUT2D eigenvalue weighted by Crippen LogP contribution is 2.19. The number of fused-ring (bicyclic) bond motifs is 1. The number of aliphatic hydroxyl groups excluding tert-OH is 1. The van der Waals surface area contributed by atoms with Gasteiger partial charge in [-0.2, -0.15) is 0 Å². The number of hydrogen-bond donors (Lipinski definition) is 2. The van der Waals surface area contributed by atoms with E-state index in [-0.39, 0.29) is 0 Å². The van der Waals surface area contributed by atoms with Crippen LogP contribution < -0.4 is 5.62 Å². The van der Waals surface area contributed by atoms with Gasteiger partial charge in [-0.05, 0) is 31.5 Å². The second kappa shape index (κ2) is 5.81. The minimum Gasteiger partial charge on any atom is -0.387 e. The molecule has 1 unspecified atom stereocenters. The van der Waals surface area contributed by atoms with E-state index in [9.17, 15) is 5.11 Å². The normalized spacial score (nSPS) is 12.7. The molecule has 0 bridgehead atoms. The van der Waals surface area contributed by atoms with Gasteiger partial charge >= 0.3 is 0 Å². The van der Waals surface area contributed by atoms with Gasteiger partial charge in [-0.15, -0.1) is 0 Å². The van der Waals surface area contributed by atoms with Crippen molar-refractivity contribution in [3.63, 3.8) is 0 Å². The molecule has 0 aliphatic rings. The van der Waals surface area contributed by atoms with Crippen LogP contribution in [0.15, 0.2) is 48.5 Å². The third-order valence-corrected chi connectivity index (χ3v) is 4.11. The highest BCUT2D eigenvalue weighted by atomic mass is 16.3. The van der Waals surface area contributed by atoms with Crippen LogP contribution in [0, 0.1) is 12.3 Å². The maximum Gasteiger partial charge on any atom is 0.203 e. The molecule has 0 aliphatic carbocycles. The highest BCUT2D eigenvalue weighted by molar-refractivity contribution is 5.75. The van der Waals surface area contributed by atoms with Crippen LogP contribution in [0.3, 0.4) is 0 Å². The lowest BCUT2D eigenvalue weighted by Gasteiger charge is -2.13. The summed E-state index contributed by atoms with van der Waals surface area (Å²) in [5.74, 6) is 0. The minimum absolute atomic E-state index is 0.384. The van der Waals surface area contributed by atoms with Crippen LogP contribution in [0.25, 0.3) is 11.0 Å². The van der Waals surface area contributed by atoms with Crippen LogP contribution >= 0.6 is 0 Å². The molecular weight excluding hydrogens is 274 g/mol. The number of para-hydroxylation sites is 2. The van der Waals surface area contributed by atoms with E-state index in [0.717, 1.165) is 23.1 Å². The number of hydrogen-bond acceptors (Lipinski definition) is 2. The predicted molar refractivity (Wildman–Crippen MR) is 87.6 cm³/mol. The summed E-state index contributed by atoms with van der Waals surface area (Å²) < 4.78 is 3.83. The van der Waals surface area contributed by atoms with Gasteiger partial charge in [-0.25, -0.2) is 0 Å². The lowest BCUT2D eigenvalue weighted by atomic mass is 10.1. The summed E-state index contributed by atoms with van der Waals surface area (Å²) in [5.41, 5.74) is 4.50. The molecule has 2 aromatic carbocycles. The second-order valence-electron chi connectivity index (χ2n) is 5.59. The molecule has 0 aliphatic heterocycles. The zero-order valence-electron chi connectivity index (χ0n) is 13.0. The van der Waals surface area contributed by atoms with E-state index in [1.54, 1.807) is 0 Å². The van der Waals surface area contributed by atoms with Gasteiger partial charge in [0, 0.05) is 6.54 Å². The van der Waals surface area contributed by atoms with Crippen molar-refractivity contribution in [1.82, 2.24) is 9.13 Å².